The van der Waals surface area contributed by atoms with E-state index in [2.05, 4.69) is 10.3 Å². The summed E-state index contributed by atoms with van der Waals surface area (Å²) >= 11 is 0. The standard InChI is InChI=1S/C27H30FN5O6/c28-20-14-17(13-16-7-8-30-25(29)22(16)20)31-26(36)23(35)24-27(37)33(10-12-39-24)19-4-1-3-18(5-6-19)32-9-2-11-38-15-21(32)34/h1,3-4,6,13-14,23-24,35H,2,5,7-12,15H2,(H2,29,30)(H,31,36). The highest BCUT2D eigenvalue weighted by molar-refractivity contribution is 6.02. The number of nitrogens with one attached hydrogen (secondary N) is 1. The van der Waals surface area contributed by atoms with Crippen LogP contribution in [0.15, 0.2) is 52.8 Å². The number of nitrogens with two attached hydrogens (primary N) is 1. The molecule has 0 radical (unpaired) electrons. The molecular weight excluding hydrogens is 509 g/mol. The van der Waals surface area contributed by atoms with E-state index in [9.17, 15) is 23.9 Å². The van der Waals surface area contributed by atoms with Crippen molar-refractivity contribution in [2.24, 2.45) is 10.7 Å². The summed E-state index contributed by atoms with van der Waals surface area (Å²) in [6.45, 7) is 1.84. The molecule has 11 nitrogen and oxygen atoms in total. The van der Waals surface area contributed by atoms with Crippen molar-refractivity contribution < 1.29 is 33.4 Å². The Bertz CT molecular complexity index is 1310. The second-order valence-electron chi connectivity index (χ2n) is 9.53. The minimum Gasteiger partial charge on any atom is -0.383 e. The van der Waals surface area contributed by atoms with Gasteiger partial charge in [-0.3, -0.25) is 19.4 Å². The molecule has 206 valence electrons. The van der Waals surface area contributed by atoms with Gasteiger partial charge in [0.2, 0.25) is 0 Å². The Morgan fingerprint density at radius 2 is 2.08 bits per heavy atom. The van der Waals surface area contributed by atoms with Crippen LogP contribution in [0.1, 0.15) is 24.0 Å². The average Bonchev–Trinajstić information content (AvgIpc) is 3.28. The van der Waals surface area contributed by atoms with Gasteiger partial charge in [-0.1, -0.05) is 12.2 Å². The summed E-state index contributed by atoms with van der Waals surface area (Å²) in [6.07, 6.45) is 5.47. The summed E-state index contributed by atoms with van der Waals surface area (Å²) in [7, 11) is 0. The van der Waals surface area contributed by atoms with Gasteiger partial charge in [-0.2, -0.15) is 0 Å². The maximum Gasteiger partial charge on any atom is 0.259 e. The molecule has 3 heterocycles. The maximum absolute atomic E-state index is 14.6. The lowest BCUT2D eigenvalue weighted by Crippen LogP contribution is -2.54. The fourth-order valence-corrected chi connectivity index (χ4v) is 5.03. The number of hydrogen-bond acceptors (Lipinski definition) is 8. The number of carbonyl (C=O) groups excluding carboxylic acids is 3. The number of allylic oxidation sites excluding steroid dienone is 4. The van der Waals surface area contributed by atoms with Crippen LogP contribution in [0.25, 0.3) is 0 Å². The predicted molar refractivity (Wildman–Crippen MR) is 139 cm³/mol. The van der Waals surface area contributed by atoms with E-state index >= 15 is 0 Å². The van der Waals surface area contributed by atoms with Crippen molar-refractivity contribution in [1.29, 1.82) is 0 Å². The van der Waals surface area contributed by atoms with Crippen LogP contribution in [0.3, 0.4) is 0 Å². The summed E-state index contributed by atoms with van der Waals surface area (Å²) in [5.41, 5.74) is 8.08. The molecule has 0 aromatic heterocycles. The molecule has 3 aliphatic heterocycles. The number of carbonyl (C=O) groups is 3. The number of halogens is 1. The first-order valence-corrected chi connectivity index (χ1v) is 12.8. The number of nitrogens with zero attached hydrogens (tertiary/aromatic N) is 3. The molecule has 5 rings (SSSR count). The van der Waals surface area contributed by atoms with Crippen LogP contribution in [0, 0.1) is 5.82 Å². The summed E-state index contributed by atoms with van der Waals surface area (Å²) in [5.74, 6) is -2.13. The van der Waals surface area contributed by atoms with E-state index < -0.39 is 29.8 Å². The fourth-order valence-electron chi connectivity index (χ4n) is 5.03. The van der Waals surface area contributed by atoms with E-state index in [-0.39, 0.29) is 42.8 Å². The van der Waals surface area contributed by atoms with Crippen molar-refractivity contribution in [2.45, 2.75) is 31.5 Å². The smallest absolute Gasteiger partial charge is 0.259 e. The van der Waals surface area contributed by atoms with Crippen LogP contribution in [0.4, 0.5) is 10.1 Å². The van der Waals surface area contributed by atoms with Gasteiger partial charge < -0.3 is 35.4 Å². The zero-order valence-corrected chi connectivity index (χ0v) is 21.3. The van der Waals surface area contributed by atoms with Crippen molar-refractivity contribution in [3.05, 3.63) is 64.8 Å². The van der Waals surface area contributed by atoms with Gasteiger partial charge in [0.25, 0.3) is 17.7 Å². The number of aliphatic hydroxyl groups is 1. The topological polar surface area (TPSA) is 147 Å². The number of rotatable bonds is 5. The number of hydrogen-bond donors (Lipinski definition) is 3. The molecule has 0 spiro atoms. The van der Waals surface area contributed by atoms with E-state index in [1.54, 1.807) is 23.1 Å². The van der Waals surface area contributed by atoms with Gasteiger partial charge in [-0.25, -0.2) is 4.39 Å². The maximum atomic E-state index is 14.6. The molecular formula is C27H30FN5O6. The second-order valence-corrected chi connectivity index (χ2v) is 9.53. The quantitative estimate of drug-likeness (QED) is 0.496. The molecule has 1 aliphatic carbocycles. The Balaban J connectivity index is 1.26. The Kier molecular flexibility index (Phi) is 7.87. The summed E-state index contributed by atoms with van der Waals surface area (Å²) < 4.78 is 25.4. The monoisotopic (exact) mass is 539 g/mol. The summed E-state index contributed by atoms with van der Waals surface area (Å²) in [6, 6.07) is 2.67. The zero-order chi connectivity index (χ0) is 27.5. The molecule has 0 bridgehead atoms. The molecule has 2 unspecified atom stereocenters. The average molecular weight is 540 g/mol. The third kappa shape index (κ3) is 5.63. The number of amidine groups is 1. The van der Waals surface area contributed by atoms with Gasteiger partial charge in [-0.15, -0.1) is 0 Å². The molecule has 4 N–H and O–H groups in total. The highest BCUT2D eigenvalue weighted by Gasteiger charge is 2.40. The lowest BCUT2D eigenvalue weighted by atomic mass is 9.99. The molecule has 0 saturated carbocycles. The number of aliphatic hydroxyl groups excluding tert-OH is 1. The van der Waals surface area contributed by atoms with Gasteiger partial charge in [0.1, 0.15) is 18.3 Å². The van der Waals surface area contributed by atoms with Gasteiger partial charge in [0.15, 0.2) is 12.2 Å². The number of amides is 3. The molecule has 39 heavy (non-hydrogen) atoms. The Labute approximate surface area is 224 Å². The third-order valence-electron chi connectivity index (χ3n) is 6.97. The minimum atomic E-state index is -1.83. The van der Waals surface area contributed by atoms with Crippen LogP contribution in [0.5, 0.6) is 0 Å². The largest absolute Gasteiger partial charge is 0.383 e. The Morgan fingerprint density at radius 3 is 2.92 bits per heavy atom. The highest BCUT2D eigenvalue weighted by atomic mass is 19.1. The van der Waals surface area contributed by atoms with E-state index in [0.29, 0.717) is 43.8 Å². The third-order valence-corrected chi connectivity index (χ3v) is 6.97. The molecule has 12 heteroatoms. The minimum absolute atomic E-state index is 0.0294. The first kappa shape index (κ1) is 26.7. The van der Waals surface area contributed by atoms with Crippen molar-refractivity contribution in [1.82, 2.24) is 9.80 Å². The Hall–Kier alpha value is -3.87. The SMILES string of the molecule is NC1=NCCc2cc(NC(=O)C(O)C3OCCN(C4=CCC(N5CCCOCC5=O)=CC=C4)C3=O)cc(F)c21. The van der Waals surface area contributed by atoms with Gasteiger partial charge in [0.05, 0.1) is 12.2 Å². The second kappa shape index (κ2) is 11.5. The van der Waals surface area contributed by atoms with Crippen molar-refractivity contribution >= 4 is 29.2 Å². The van der Waals surface area contributed by atoms with Crippen LogP contribution >= 0.6 is 0 Å². The number of fused-ring (bicyclic) bond motifs is 1. The molecule has 4 aliphatic rings. The molecule has 1 aromatic rings. The molecule has 3 amide bonds. The van der Waals surface area contributed by atoms with E-state index in [4.69, 9.17) is 15.2 Å². The summed E-state index contributed by atoms with van der Waals surface area (Å²) in [4.78, 5) is 45.7. The molecule has 2 fully saturated rings. The van der Waals surface area contributed by atoms with Gasteiger partial charge >= 0.3 is 0 Å². The highest BCUT2D eigenvalue weighted by Crippen LogP contribution is 2.25. The zero-order valence-electron chi connectivity index (χ0n) is 21.3. The number of aliphatic imine (C=N–C) groups is 1. The lowest BCUT2D eigenvalue weighted by Gasteiger charge is -2.34. The first-order chi connectivity index (χ1) is 18.8. The van der Waals surface area contributed by atoms with E-state index in [1.807, 2.05) is 12.2 Å². The van der Waals surface area contributed by atoms with Crippen molar-refractivity contribution in [3.8, 4) is 0 Å². The number of morpholine rings is 1. The number of anilines is 1. The predicted octanol–water partition coefficient (Wildman–Crippen LogP) is 0.591. The normalized spacial score (nSPS) is 22.7. The lowest BCUT2D eigenvalue weighted by molar-refractivity contribution is -0.163. The van der Waals surface area contributed by atoms with Crippen LogP contribution < -0.4 is 11.1 Å². The van der Waals surface area contributed by atoms with Gasteiger partial charge in [-0.05, 0) is 42.7 Å². The van der Waals surface area contributed by atoms with E-state index in [1.165, 1.54) is 4.90 Å². The van der Waals surface area contributed by atoms with Crippen molar-refractivity contribution in [2.75, 3.05) is 44.8 Å². The molecule has 1 aromatic carbocycles. The van der Waals surface area contributed by atoms with Crippen LogP contribution in [0.2, 0.25) is 0 Å². The Morgan fingerprint density at radius 1 is 1.23 bits per heavy atom. The van der Waals surface area contributed by atoms with Crippen molar-refractivity contribution in [3.63, 3.8) is 0 Å². The van der Waals surface area contributed by atoms with Crippen LogP contribution in [-0.4, -0.2) is 90.1 Å². The van der Waals surface area contributed by atoms with Crippen LogP contribution in [-0.2, 0) is 30.3 Å². The number of ether oxygens (including phenoxy) is 2. The van der Waals surface area contributed by atoms with Gasteiger partial charge in [0, 0.05) is 49.7 Å². The first-order valence-electron chi connectivity index (χ1n) is 12.8. The fraction of sp³-hybridized carbons (Fsp3) is 0.407. The molecule has 2 saturated heterocycles. The molecule has 2 atom stereocenters. The summed E-state index contributed by atoms with van der Waals surface area (Å²) in [5, 5.41) is 13.2. The number of benzene rings is 1. The van der Waals surface area contributed by atoms with E-state index in [0.717, 1.165) is 18.2 Å².